The molecule has 0 spiro atoms. The van der Waals surface area contributed by atoms with Gasteiger partial charge in [-0.1, -0.05) is 6.92 Å². The molecule has 3 N–H and O–H groups in total. The van der Waals surface area contributed by atoms with Gasteiger partial charge in [-0.25, -0.2) is 4.79 Å². The van der Waals surface area contributed by atoms with Crippen molar-refractivity contribution in [3.8, 4) is 0 Å². The van der Waals surface area contributed by atoms with Gasteiger partial charge in [-0.2, -0.15) is 0 Å². The Morgan fingerprint density at radius 3 is 2.42 bits per heavy atom. The van der Waals surface area contributed by atoms with Crippen molar-refractivity contribution in [1.29, 1.82) is 0 Å². The van der Waals surface area contributed by atoms with Gasteiger partial charge in [0.15, 0.2) is 6.61 Å². The van der Waals surface area contributed by atoms with Crippen LogP contribution >= 0.6 is 11.3 Å². The number of nitrogens with one attached hydrogen (secondary N) is 1. The molecule has 0 fully saturated rings. The number of ether oxygens (including phenoxy) is 1. The molecule has 0 unspecified atom stereocenters. The average Bonchev–Trinajstić information content (AvgIpc) is 2.94. The topological polar surface area (TPSA) is 98.5 Å². The second kappa shape index (κ2) is 7.74. The van der Waals surface area contributed by atoms with Crippen molar-refractivity contribution >= 4 is 34.8 Å². The highest BCUT2D eigenvalue weighted by Gasteiger charge is 2.14. The number of thiophene rings is 1. The van der Waals surface area contributed by atoms with Crippen molar-refractivity contribution in [3.05, 3.63) is 51.2 Å². The molecule has 1 aromatic heterocycles. The Morgan fingerprint density at radius 1 is 1.21 bits per heavy atom. The van der Waals surface area contributed by atoms with E-state index in [-0.39, 0.29) is 6.61 Å². The molecule has 7 heteroatoms. The Bertz CT molecular complexity index is 765. The number of esters is 1. The molecule has 0 saturated carbocycles. The van der Waals surface area contributed by atoms with Gasteiger partial charge in [0.1, 0.15) is 4.88 Å². The molecule has 0 radical (unpaired) electrons. The fourth-order valence-electron chi connectivity index (χ4n) is 2.09. The molecule has 2 aromatic rings. The first-order valence-corrected chi connectivity index (χ1v) is 8.18. The van der Waals surface area contributed by atoms with Gasteiger partial charge in [0, 0.05) is 16.1 Å². The Hall–Kier alpha value is -2.67. The lowest BCUT2D eigenvalue weighted by atomic mass is 10.2. The van der Waals surface area contributed by atoms with Gasteiger partial charge in [-0.05, 0) is 49.2 Å². The van der Waals surface area contributed by atoms with Gasteiger partial charge >= 0.3 is 5.97 Å². The number of primary amides is 1. The third-order valence-corrected chi connectivity index (χ3v) is 4.69. The molecule has 1 heterocycles. The van der Waals surface area contributed by atoms with E-state index < -0.39 is 17.8 Å². The minimum atomic E-state index is -0.542. The number of carbonyl (C=O) groups is 3. The molecule has 0 aliphatic carbocycles. The molecular weight excluding hydrogens is 328 g/mol. The number of aryl methyl sites for hydroxylation is 2. The van der Waals surface area contributed by atoms with Gasteiger partial charge in [0.2, 0.25) is 5.91 Å². The van der Waals surface area contributed by atoms with Gasteiger partial charge in [-0.3, -0.25) is 9.59 Å². The summed E-state index contributed by atoms with van der Waals surface area (Å²) in [7, 11) is 0. The summed E-state index contributed by atoms with van der Waals surface area (Å²) < 4.78 is 5.02. The van der Waals surface area contributed by atoms with E-state index >= 15 is 0 Å². The third-order valence-electron chi connectivity index (χ3n) is 3.33. The van der Waals surface area contributed by atoms with Crippen molar-refractivity contribution < 1.29 is 19.1 Å². The maximum atomic E-state index is 12.0. The fourth-order valence-corrected chi connectivity index (χ4v) is 3.10. The van der Waals surface area contributed by atoms with E-state index in [1.807, 2.05) is 13.8 Å². The molecule has 1 aromatic carbocycles. The first-order valence-electron chi connectivity index (χ1n) is 7.37. The van der Waals surface area contributed by atoms with Crippen molar-refractivity contribution in [1.82, 2.24) is 0 Å². The summed E-state index contributed by atoms with van der Waals surface area (Å²) in [6.07, 6.45) is 0.853. The summed E-state index contributed by atoms with van der Waals surface area (Å²) in [6.45, 7) is 3.58. The first kappa shape index (κ1) is 17.7. The van der Waals surface area contributed by atoms with Crippen LogP contribution in [0.3, 0.4) is 0 Å². The largest absolute Gasteiger partial charge is 0.451 e. The Morgan fingerprint density at radius 2 is 1.88 bits per heavy atom. The first-order chi connectivity index (χ1) is 11.4. The number of benzene rings is 1. The molecule has 2 rings (SSSR count). The van der Waals surface area contributed by atoms with E-state index in [0.717, 1.165) is 16.9 Å². The van der Waals surface area contributed by atoms with E-state index in [2.05, 4.69) is 5.32 Å². The van der Waals surface area contributed by atoms with Crippen LogP contribution in [0.4, 0.5) is 5.69 Å². The van der Waals surface area contributed by atoms with Crippen LogP contribution in [0.1, 0.15) is 37.4 Å². The standard InChI is InChI=1S/C17H18N2O4S/c1-3-13-10(2)8-14(24-13)17(22)23-9-15(20)19-12-6-4-11(5-7-12)16(18)21/h4-8H,3,9H2,1-2H3,(H2,18,21)(H,19,20). The lowest BCUT2D eigenvalue weighted by molar-refractivity contribution is -0.119. The molecule has 6 nitrogen and oxygen atoms in total. The van der Waals surface area contributed by atoms with Crippen molar-refractivity contribution in [2.24, 2.45) is 5.73 Å². The van der Waals surface area contributed by atoms with E-state index in [1.165, 1.54) is 23.5 Å². The summed E-state index contributed by atoms with van der Waals surface area (Å²) in [4.78, 5) is 36.4. The monoisotopic (exact) mass is 346 g/mol. The van der Waals surface area contributed by atoms with Gasteiger partial charge in [0.05, 0.1) is 0 Å². The number of carbonyl (C=O) groups excluding carboxylic acids is 3. The Balaban J connectivity index is 1.88. The highest BCUT2D eigenvalue weighted by molar-refractivity contribution is 7.14. The van der Waals surface area contributed by atoms with Crippen molar-refractivity contribution in [2.75, 3.05) is 11.9 Å². The summed E-state index contributed by atoms with van der Waals surface area (Å²) in [6, 6.07) is 7.88. The van der Waals surface area contributed by atoms with Gasteiger partial charge < -0.3 is 15.8 Å². The van der Waals surface area contributed by atoms with Crippen LogP contribution in [-0.2, 0) is 16.0 Å². The van der Waals surface area contributed by atoms with Crippen LogP contribution in [0.2, 0.25) is 0 Å². The molecule has 0 atom stereocenters. The van der Waals surface area contributed by atoms with Crippen molar-refractivity contribution in [3.63, 3.8) is 0 Å². The molecule has 24 heavy (non-hydrogen) atoms. The summed E-state index contributed by atoms with van der Waals surface area (Å²) in [5.41, 5.74) is 7.02. The van der Waals surface area contributed by atoms with E-state index in [4.69, 9.17) is 10.5 Å². The zero-order chi connectivity index (χ0) is 17.7. The number of hydrogen-bond acceptors (Lipinski definition) is 5. The van der Waals surface area contributed by atoms with E-state index in [9.17, 15) is 14.4 Å². The SMILES string of the molecule is CCc1sc(C(=O)OCC(=O)Nc2ccc(C(N)=O)cc2)cc1C. The lowest BCUT2D eigenvalue weighted by Gasteiger charge is -2.06. The van der Waals surface area contributed by atoms with Crippen LogP contribution in [0.15, 0.2) is 30.3 Å². The second-order valence-electron chi connectivity index (χ2n) is 5.14. The maximum Gasteiger partial charge on any atom is 0.348 e. The summed E-state index contributed by atoms with van der Waals surface area (Å²) >= 11 is 1.38. The lowest BCUT2D eigenvalue weighted by Crippen LogP contribution is -2.20. The van der Waals surface area contributed by atoms with Crippen LogP contribution < -0.4 is 11.1 Å². The predicted octanol–water partition coefficient (Wildman–Crippen LogP) is 2.51. The third kappa shape index (κ3) is 4.42. The number of amides is 2. The molecular formula is C17H18N2O4S. The smallest absolute Gasteiger partial charge is 0.348 e. The maximum absolute atomic E-state index is 12.0. The minimum absolute atomic E-state index is 0.347. The quantitative estimate of drug-likeness (QED) is 0.785. The summed E-state index contributed by atoms with van der Waals surface area (Å²) in [5.74, 6) is -1.51. The highest BCUT2D eigenvalue weighted by Crippen LogP contribution is 2.23. The van der Waals surface area contributed by atoms with E-state index in [0.29, 0.717) is 16.1 Å². The van der Waals surface area contributed by atoms with Crippen LogP contribution in [0.25, 0.3) is 0 Å². The zero-order valence-electron chi connectivity index (χ0n) is 13.4. The molecule has 0 saturated heterocycles. The fraction of sp³-hybridized carbons (Fsp3) is 0.235. The van der Waals surface area contributed by atoms with E-state index in [1.54, 1.807) is 18.2 Å². The highest BCUT2D eigenvalue weighted by atomic mass is 32.1. The minimum Gasteiger partial charge on any atom is -0.451 e. The Labute approximate surface area is 143 Å². The van der Waals surface area contributed by atoms with Crippen LogP contribution in [-0.4, -0.2) is 24.4 Å². The number of anilines is 1. The molecule has 2 amide bonds. The molecule has 0 aliphatic heterocycles. The van der Waals surface area contributed by atoms with Gasteiger partial charge in [0.25, 0.3) is 5.91 Å². The van der Waals surface area contributed by atoms with Gasteiger partial charge in [-0.15, -0.1) is 11.3 Å². The predicted molar refractivity (Wildman–Crippen MR) is 92.3 cm³/mol. The van der Waals surface area contributed by atoms with Crippen LogP contribution in [0, 0.1) is 6.92 Å². The van der Waals surface area contributed by atoms with Crippen LogP contribution in [0.5, 0.6) is 0 Å². The number of nitrogens with two attached hydrogens (primary N) is 1. The second-order valence-corrected chi connectivity index (χ2v) is 6.27. The molecule has 0 aliphatic rings. The summed E-state index contributed by atoms with van der Waals surface area (Å²) in [5, 5.41) is 2.58. The number of hydrogen-bond donors (Lipinski definition) is 2. The molecule has 0 bridgehead atoms. The van der Waals surface area contributed by atoms with Crippen molar-refractivity contribution in [2.45, 2.75) is 20.3 Å². The zero-order valence-corrected chi connectivity index (χ0v) is 14.2. The normalized spacial score (nSPS) is 10.2. The number of rotatable bonds is 6. The Kier molecular flexibility index (Phi) is 5.70. The molecule has 126 valence electrons. The average molecular weight is 346 g/mol.